The minimum atomic E-state index is -0.414. The van der Waals surface area contributed by atoms with Gasteiger partial charge < -0.3 is 9.47 Å². The fraction of sp³-hybridized carbons (Fsp3) is 0.250. The number of hydrogen-bond donors (Lipinski definition) is 0. The van der Waals surface area contributed by atoms with Crippen LogP contribution < -0.4 is 4.74 Å². The molecule has 2 aromatic carbocycles. The van der Waals surface area contributed by atoms with Crippen molar-refractivity contribution in [1.29, 1.82) is 0 Å². The summed E-state index contributed by atoms with van der Waals surface area (Å²) >= 11 is 9.77. The van der Waals surface area contributed by atoms with Gasteiger partial charge in [0.2, 0.25) is 0 Å². The topological polar surface area (TPSA) is 18.5 Å². The molecule has 1 unspecified atom stereocenters. The van der Waals surface area contributed by atoms with Gasteiger partial charge in [-0.05, 0) is 38.7 Å². The van der Waals surface area contributed by atoms with E-state index in [0.29, 0.717) is 23.4 Å². The van der Waals surface area contributed by atoms with Gasteiger partial charge in [-0.2, -0.15) is 0 Å². The van der Waals surface area contributed by atoms with Gasteiger partial charge in [0.15, 0.2) is 0 Å². The van der Waals surface area contributed by atoms with Gasteiger partial charge >= 0.3 is 0 Å². The second kappa shape index (κ2) is 5.95. The molecule has 0 amide bonds. The minimum absolute atomic E-state index is 0.369. The van der Waals surface area contributed by atoms with Crippen molar-refractivity contribution in [1.82, 2.24) is 0 Å². The molecule has 110 valence electrons. The molecule has 0 N–H and O–H groups in total. The van der Waals surface area contributed by atoms with Crippen molar-refractivity contribution in [2.75, 3.05) is 7.11 Å². The Morgan fingerprint density at radius 2 is 2.00 bits per heavy atom. The maximum Gasteiger partial charge on any atom is 0.141 e. The summed E-state index contributed by atoms with van der Waals surface area (Å²) in [6.45, 7) is 1.25. The summed E-state index contributed by atoms with van der Waals surface area (Å²) in [5.74, 6) is 0.0641. The normalized spacial score (nSPS) is 14.9. The van der Waals surface area contributed by atoms with Gasteiger partial charge in [0.05, 0.1) is 30.2 Å². The third-order valence-corrected chi connectivity index (χ3v) is 4.68. The lowest BCUT2D eigenvalue weighted by Gasteiger charge is -2.16. The van der Waals surface area contributed by atoms with Crippen LogP contribution in [0.15, 0.2) is 34.8 Å². The maximum absolute atomic E-state index is 13.6. The summed E-state index contributed by atoms with van der Waals surface area (Å²) in [6.07, 6.45) is 0. The number of ether oxygens (including phenoxy) is 2. The molecule has 0 fully saturated rings. The molecule has 0 aromatic heterocycles. The van der Waals surface area contributed by atoms with Crippen molar-refractivity contribution < 1.29 is 13.9 Å². The first kappa shape index (κ1) is 14.8. The molecule has 5 heteroatoms. The lowest BCUT2D eigenvalue weighted by Crippen LogP contribution is -2.00. The summed E-state index contributed by atoms with van der Waals surface area (Å²) in [5, 5.41) is -0.414. The number of halogens is 3. The first-order valence-electron chi connectivity index (χ1n) is 6.46. The molecule has 0 saturated carbocycles. The number of fused-ring (bicyclic) bond motifs is 1. The molecule has 0 radical (unpaired) electrons. The van der Waals surface area contributed by atoms with Crippen LogP contribution >= 0.6 is 27.5 Å². The summed E-state index contributed by atoms with van der Waals surface area (Å²) in [6, 6.07) is 9.04. The van der Waals surface area contributed by atoms with Crippen molar-refractivity contribution in [3.63, 3.8) is 0 Å². The van der Waals surface area contributed by atoms with Crippen LogP contribution in [-0.2, 0) is 18.0 Å². The van der Waals surface area contributed by atoms with Crippen molar-refractivity contribution in [2.24, 2.45) is 0 Å². The average Bonchev–Trinajstić information content (AvgIpc) is 2.96. The van der Waals surface area contributed by atoms with E-state index in [-0.39, 0.29) is 5.82 Å². The summed E-state index contributed by atoms with van der Waals surface area (Å²) < 4.78 is 24.6. The fourth-order valence-corrected chi connectivity index (χ4v) is 3.12. The van der Waals surface area contributed by atoms with Gasteiger partial charge in [-0.3, -0.25) is 0 Å². The highest BCUT2D eigenvalue weighted by atomic mass is 79.9. The third kappa shape index (κ3) is 2.80. The van der Waals surface area contributed by atoms with Crippen molar-refractivity contribution in [2.45, 2.75) is 18.6 Å². The highest BCUT2D eigenvalue weighted by molar-refractivity contribution is 9.10. The van der Waals surface area contributed by atoms with E-state index in [4.69, 9.17) is 21.1 Å². The lowest BCUT2D eigenvalue weighted by molar-refractivity contribution is 0.134. The lowest BCUT2D eigenvalue weighted by atomic mass is 9.99. The Kier molecular flexibility index (Phi) is 4.20. The first-order chi connectivity index (χ1) is 10.1. The monoisotopic (exact) mass is 370 g/mol. The SMILES string of the molecule is COc1cc(F)c(Br)cc1C(Cl)c1ccc2c(c1)COC2. The number of benzene rings is 2. The van der Waals surface area contributed by atoms with Gasteiger partial charge in [-0.1, -0.05) is 18.2 Å². The molecule has 2 nitrogen and oxygen atoms in total. The van der Waals surface area contributed by atoms with E-state index < -0.39 is 5.38 Å². The van der Waals surface area contributed by atoms with E-state index in [9.17, 15) is 4.39 Å². The van der Waals surface area contributed by atoms with Crippen molar-refractivity contribution >= 4 is 27.5 Å². The predicted octanol–water partition coefficient (Wildman–Crippen LogP) is 4.96. The van der Waals surface area contributed by atoms with Crippen LogP contribution in [0.2, 0.25) is 0 Å². The standard InChI is InChI=1S/C16H13BrClFO2/c1-20-15-6-14(19)13(17)5-12(15)16(18)9-2-3-10-7-21-8-11(10)4-9/h2-6,16H,7-8H2,1H3. The molecule has 3 rings (SSSR count). The molecule has 0 spiro atoms. The molecule has 21 heavy (non-hydrogen) atoms. The minimum Gasteiger partial charge on any atom is -0.496 e. The van der Waals surface area contributed by atoms with E-state index in [1.54, 1.807) is 6.07 Å². The quantitative estimate of drug-likeness (QED) is 0.710. The second-order valence-electron chi connectivity index (χ2n) is 4.89. The molecular formula is C16H13BrClFO2. The van der Waals surface area contributed by atoms with Gasteiger partial charge in [-0.25, -0.2) is 4.39 Å². The van der Waals surface area contributed by atoms with Crippen molar-refractivity contribution in [3.8, 4) is 5.75 Å². The summed E-state index contributed by atoms with van der Waals surface area (Å²) in [7, 11) is 1.51. The Morgan fingerprint density at radius 3 is 2.76 bits per heavy atom. The summed E-state index contributed by atoms with van der Waals surface area (Å²) in [4.78, 5) is 0. The van der Waals surface area contributed by atoms with Crippen LogP contribution in [0.1, 0.15) is 27.6 Å². The Hall–Kier alpha value is -1.10. The van der Waals surface area contributed by atoms with Gasteiger partial charge in [0, 0.05) is 11.6 Å². The predicted molar refractivity (Wildman–Crippen MR) is 83.3 cm³/mol. The average molecular weight is 372 g/mol. The van der Waals surface area contributed by atoms with Crippen LogP contribution in [0.4, 0.5) is 4.39 Å². The third-order valence-electron chi connectivity index (χ3n) is 3.58. The van der Waals surface area contributed by atoms with Crippen molar-refractivity contribution in [3.05, 3.63) is 62.9 Å². The van der Waals surface area contributed by atoms with Crippen LogP contribution in [0, 0.1) is 5.82 Å². The maximum atomic E-state index is 13.6. The molecule has 0 saturated heterocycles. The van der Waals surface area contributed by atoms with E-state index >= 15 is 0 Å². The number of methoxy groups -OCH3 is 1. The van der Waals surface area contributed by atoms with E-state index in [0.717, 1.165) is 16.7 Å². The molecule has 1 aliphatic heterocycles. The Balaban J connectivity index is 2.02. The van der Waals surface area contributed by atoms with E-state index in [1.165, 1.54) is 18.7 Å². The molecule has 0 bridgehead atoms. The van der Waals surface area contributed by atoms with Gasteiger partial charge in [0.1, 0.15) is 11.6 Å². The Labute approximate surface area is 136 Å². The second-order valence-corrected chi connectivity index (χ2v) is 6.18. The zero-order valence-electron chi connectivity index (χ0n) is 11.3. The van der Waals surface area contributed by atoms with Crippen LogP contribution in [-0.4, -0.2) is 7.11 Å². The number of alkyl halides is 1. The smallest absolute Gasteiger partial charge is 0.141 e. The first-order valence-corrected chi connectivity index (χ1v) is 7.69. The van der Waals surface area contributed by atoms with E-state index in [2.05, 4.69) is 15.9 Å². The van der Waals surface area contributed by atoms with E-state index in [1.807, 2.05) is 18.2 Å². The number of hydrogen-bond acceptors (Lipinski definition) is 2. The molecular weight excluding hydrogens is 359 g/mol. The molecule has 1 heterocycles. The number of rotatable bonds is 3. The summed E-state index contributed by atoms with van der Waals surface area (Å²) in [5.41, 5.74) is 4.01. The zero-order valence-corrected chi connectivity index (χ0v) is 13.7. The van der Waals surface area contributed by atoms with Gasteiger partial charge in [0.25, 0.3) is 0 Å². The molecule has 1 atom stereocenters. The molecule has 0 aliphatic carbocycles. The zero-order chi connectivity index (χ0) is 15.0. The van der Waals surface area contributed by atoms with Crippen LogP contribution in [0.5, 0.6) is 5.75 Å². The highest BCUT2D eigenvalue weighted by Gasteiger charge is 2.20. The molecule has 2 aromatic rings. The molecule has 1 aliphatic rings. The van der Waals surface area contributed by atoms with Gasteiger partial charge in [-0.15, -0.1) is 11.6 Å². The van der Waals surface area contributed by atoms with Crippen LogP contribution in [0.3, 0.4) is 0 Å². The Morgan fingerprint density at radius 1 is 1.24 bits per heavy atom. The largest absolute Gasteiger partial charge is 0.496 e. The van der Waals surface area contributed by atoms with Crippen LogP contribution in [0.25, 0.3) is 0 Å². The fourth-order valence-electron chi connectivity index (χ4n) is 2.45. The highest BCUT2D eigenvalue weighted by Crippen LogP contribution is 2.38. The Bertz CT molecular complexity index is 690.